The Bertz CT molecular complexity index is 722. The molecule has 21 heavy (non-hydrogen) atoms. The zero-order valence-electron chi connectivity index (χ0n) is 12.8. The highest BCUT2D eigenvalue weighted by Crippen LogP contribution is 2.23. The fraction of sp³-hybridized carbons (Fsp3) is 0.500. The number of hydrogen-bond acceptors (Lipinski definition) is 4. The number of hydrogen-bond donors (Lipinski definition) is 2. The number of fused-ring (bicyclic) bond motifs is 1. The summed E-state index contributed by atoms with van der Waals surface area (Å²) in [5.41, 5.74) is 0.597. The average molecular weight is 310 g/mol. The predicted octanol–water partition coefficient (Wildman–Crippen LogP) is 2.09. The first-order chi connectivity index (χ1) is 9.90. The second-order valence-corrected chi connectivity index (χ2v) is 6.95. The monoisotopic (exact) mass is 310 g/mol. The Hall–Kier alpha value is -1.60. The number of nitrogens with zero attached hydrogens (tertiary/aromatic N) is 2. The summed E-state index contributed by atoms with van der Waals surface area (Å²) >= 11 is 0. The van der Waals surface area contributed by atoms with E-state index in [-0.39, 0.29) is 17.0 Å². The van der Waals surface area contributed by atoms with Crippen LogP contribution in [-0.4, -0.2) is 30.9 Å². The molecule has 1 unspecified atom stereocenters. The van der Waals surface area contributed by atoms with Crippen LogP contribution < -0.4 is 10.0 Å². The van der Waals surface area contributed by atoms with Crippen LogP contribution in [0, 0.1) is 5.92 Å². The maximum absolute atomic E-state index is 12.7. The Kier molecular flexibility index (Phi) is 4.53. The summed E-state index contributed by atoms with van der Waals surface area (Å²) in [7, 11) is -1.99. The summed E-state index contributed by atoms with van der Waals surface area (Å²) < 4.78 is 29.9. The minimum atomic E-state index is -3.65. The standard InChI is InChI=1S/C14H22N4O2S/c1-5-11(10(2)3)17-21(19,20)14-13(15-4)16-12-8-6-7-9-18(12)14/h6-11,15,17H,5H2,1-4H3. The number of imidazole rings is 1. The van der Waals surface area contributed by atoms with E-state index in [4.69, 9.17) is 0 Å². The van der Waals surface area contributed by atoms with Crippen molar-refractivity contribution in [3.05, 3.63) is 24.4 Å². The molecule has 7 heteroatoms. The smallest absolute Gasteiger partial charge is 0.260 e. The average Bonchev–Trinajstić information content (AvgIpc) is 2.83. The first kappa shape index (κ1) is 15.8. The molecule has 0 spiro atoms. The van der Waals surface area contributed by atoms with Gasteiger partial charge in [0, 0.05) is 19.3 Å². The van der Waals surface area contributed by atoms with E-state index in [0.717, 1.165) is 6.42 Å². The van der Waals surface area contributed by atoms with E-state index in [1.54, 1.807) is 29.8 Å². The molecule has 116 valence electrons. The van der Waals surface area contributed by atoms with Gasteiger partial charge in [-0.2, -0.15) is 0 Å². The van der Waals surface area contributed by atoms with Crippen LogP contribution in [0.4, 0.5) is 5.82 Å². The summed E-state index contributed by atoms with van der Waals surface area (Å²) in [5.74, 6) is 0.578. The van der Waals surface area contributed by atoms with E-state index < -0.39 is 10.0 Å². The molecule has 0 bridgehead atoms. The number of aromatic nitrogens is 2. The van der Waals surface area contributed by atoms with Crippen molar-refractivity contribution in [3.63, 3.8) is 0 Å². The van der Waals surface area contributed by atoms with Crippen molar-refractivity contribution in [1.29, 1.82) is 0 Å². The Morgan fingerprint density at radius 3 is 2.62 bits per heavy atom. The number of pyridine rings is 1. The topological polar surface area (TPSA) is 75.5 Å². The van der Waals surface area contributed by atoms with Crippen molar-refractivity contribution in [2.24, 2.45) is 5.92 Å². The van der Waals surface area contributed by atoms with Gasteiger partial charge in [-0.3, -0.25) is 4.40 Å². The number of sulfonamides is 1. The second kappa shape index (κ2) is 6.03. The van der Waals surface area contributed by atoms with E-state index in [1.165, 1.54) is 0 Å². The highest BCUT2D eigenvalue weighted by Gasteiger charge is 2.28. The molecule has 0 amide bonds. The van der Waals surface area contributed by atoms with Crippen molar-refractivity contribution in [3.8, 4) is 0 Å². The summed E-state index contributed by atoms with van der Waals surface area (Å²) in [6.45, 7) is 5.98. The van der Waals surface area contributed by atoms with Crippen LogP contribution in [0.2, 0.25) is 0 Å². The first-order valence-corrected chi connectivity index (χ1v) is 8.56. The van der Waals surface area contributed by atoms with Crippen molar-refractivity contribution >= 4 is 21.5 Å². The molecule has 0 saturated carbocycles. The van der Waals surface area contributed by atoms with Crippen LogP contribution in [-0.2, 0) is 10.0 Å². The van der Waals surface area contributed by atoms with Crippen LogP contribution >= 0.6 is 0 Å². The van der Waals surface area contributed by atoms with Crippen molar-refractivity contribution in [2.45, 2.75) is 38.3 Å². The molecule has 2 rings (SSSR count). The van der Waals surface area contributed by atoms with Crippen LogP contribution in [0.3, 0.4) is 0 Å². The number of anilines is 1. The van der Waals surface area contributed by atoms with Crippen LogP contribution in [0.1, 0.15) is 27.2 Å². The van der Waals surface area contributed by atoms with Crippen molar-refractivity contribution in [1.82, 2.24) is 14.1 Å². The fourth-order valence-electron chi connectivity index (χ4n) is 2.34. The van der Waals surface area contributed by atoms with Gasteiger partial charge in [-0.05, 0) is 24.5 Å². The van der Waals surface area contributed by atoms with Crippen molar-refractivity contribution in [2.75, 3.05) is 12.4 Å². The number of rotatable bonds is 6. The molecule has 0 aromatic carbocycles. The molecule has 0 saturated heterocycles. The molecule has 0 aliphatic carbocycles. The first-order valence-electron chi connectivity index (χ1n) is 7.07. The maximum atomic E-state index is 12.7. The van der Waals surface area contributed by atoms with Gasteiger partial charge < -0.3 is 5.32 Å². The maximum Gasteiger partial charge on any atom is 0.260 e. The van der Waals surface area contributed by atoms with Gasteiger partial charge in [0.25, 0.3) is 10.0 Å². The van der Waals surface area contributed by atoms with Crippen LogP contribution in [0.5, 0.6) is 0 Å². The van der Waals surface area contributed by atoms with Gasteiger partial charge in [0.2, 0.25) is 0 Å². The SMILES string of the molecule is CCC(NS(=O)(=O)c1c(NC)nc2ccccn12)C(C)C. The lowest BCUT2D eigenvalue weighted by atomic mass is 10.0. The molecule has 0 fully saturated rings. The van der Waals surface area contributed by atoms with Gasteiger partial charge >= 0.3 is 0 Å². The largest absolute Gasteiger partial charge is 0.371 e. The Balaban J connectivity index is 2.53. The number of nitrogens with one attached hydrogen (secondary N) is 2. The molecular formula is C14H22N4O2S. The van der Waals surface area contributed by atoms with E-state index >= 15 is 0 Å². The molecule has 2 aromatic rings. The van der Waals surface area contributed by atoms with E-state index in [2.05, 4.69) is 15.0 Å². The Labute approximate surface area is 125 Å². The Morgan fingerprint density at radius 2 is 2.05 bits per heavy atom. The van der Waals surface area contributed by atoms with Crippen molar-refractivity contribution < 1.29 is 8.42 Å². The third kappa shape index (κ3) is 3.03. The quantitative estimate of drug-likeness (QED) is 0.856. The molecule has 0 aliphatic rings. The van der Waals surface area contributed by atoms with Gasteiger partial charge in [0.15, 0.2) is 10.8 Å². The van der Waals surface area contributed by atoms with Gasteiger partial charge in [0.05, 0.1) is 0 Å². The lowest BCUT2D eigenvalue weighted by molar-refractivity contribution is 0.436. The summed E-state index contributed by atoms with van der Waals surface area (Å²) in [4.78, 5) is 4.31. The van der Waals surface area contributed by atoms with Gasteiger partial charge in [-0.25, -0.2) is 18.1 Å². The molecular weight excluding hydrogens is 288 g/mol. The summed E-state index contributed by atoms with van der Waals surface area (Å²) in [6.07, 6.45) is 2.44. The van der Waals surface area contributed by atoms with Gasteiger partial charge in [-0.1, -0.05) is 26.8 Å². The molecule has 0 radical (unpaired) electrons. The highest BCUT2D eigenvalue weighted by atomic mass is 32.2. The van der Waals surface area contributed by atoms with Crippen LogP contribution in [0.15, 0.2) is 29.4 Å². The van der Waals surface area contributed by atoms with Gasteiger partial charge in [0.1, 0.15) is 5.65 Å². The zero-order valence-corrected chi connectivity index (χ0v) is 13.6. The molecule has 2 aromatic heterocycles. The normalized spacial score (nSPS) is 13.8. The molecule has 0 aliphatic heterocycles. The highest BCUT2D eigenvalue weighted by molar-refractivity contribution is 7.89. The van der Waals surface area contributed by atoms with E-state index in [1.807, 2.05) is 26.8 Å². The molecule has 6 nitrogen and oxygen atoms in total. The lowest BCUT2D eigenvalue weighted by Crippen LogP contribution is -2.38. The van der Waals surface area contributed by atoms with E-state index in [9.17, 15) is 8.42 Å². The van der Waals surface area contributed by atoms with Crippen LogP contribution in [0.25, 0.3) is 5.65 Å². The molecule has 2 N–H and O–H groups in total. The lowest BCUT2D eigenvalue weighted by Gasteiger charge is -2.20. The predicted molar refractivity (Wildman–Crippen MR) is 84.0 cm³/mol. The fourth-order valence-corrected chi connectivity index (χ4v) is 4.10. The minimum absolute atomic E-state index is 0.103. The summed E-state index contributed by atoms with van der Waals surface area (Å²) in [5, 5.41) is 3.01. The van der Waals surface area contributed by atoms with Gasteiger partial charge in [-0.15, -0.1) is 0 Å². The van der Waals surface area contributed by atoms with E-state index in [0.29, 0.717) is 11.5 Å². The zero-order chi connectivity index (χ0) is 15.6. The minimum Gasteiger partial charge on any atom is -0.371 e. The second-order valence-electron chi connectivity index (χ2n) is 5.32. The Morgan fingerprint density at radius 1 is 1.33 bits per heavy atom. The summed E-state index contributed by atoms with van der Waals surface area (Å²) in [6, 6.07) is 5.29. The molecule has 1 atom stereocenters. The third-order valence-electron chi connectivity index (χ3n) is 3.53. The molecule has 2 heterocycles. The third-order valence-corrected chi connectivity index (χ3v) is 5.04.